The van der Waals surface area contributed by atoms with Crippen LogP contribution in [-0.4, -0.2) is 6.10 Å². The van der Waals surface area contributed by atoms with Gasteiger partial charge in [0, 0.05) is 5.92 Å². The molecule has 0 aromatic heterocycles. The van der Waals surface area contributed by atoms with E-state index in [1.807, 2.05) is 0 Å². The van der Waals surface area contributed by atoms with Crippen LogP contribution in [0.4, 0.5) is 0 Å². The fraction of sp³-hybridized carbons (Fsp3) is 0.714. The summed E-state index contributed by atoms with van der Waals surface area (Å²) in [5.41, 5.74) is 1.54. The highest BCUT2D eigenvalue weighted by molar-refractivity contribution is 5.13. The van der Waals surface area contributed by atoms with Gasteiger partial charge in [-0.25, -0.2) is 0 Å². The largest absolute Gasteiger partial charge is 0.491 e. The minimum absolute atomic E-state index is 0.354. The monoisotopic (exact) mass is 206 g/mol. The van der Waals surface area contributed by atoms with Crippen molar-refractivity contribution in [2.45, 2.75) is 58.0 Å². The van der Waals surface area contributed by atoms with Crippen molar-refractivity contribution in [1.29, 1.82) is 0 Å². The highest BCUT2D eigenvalue weighted by Gasteiger charge is 2.25. The molecule has 2 atom stereocenters. The highest BCUT2D eigenvalue weighted by Crippen LogP contribution is 2.33. The summed E-state index contributed by atoms with van der Waals surface area (Å²) in [7, 11) is 0. The molecule has 1 aliphatic heterocycles. The predicted octanol–water partition coefficient (Wildman–Crippen LogP) is 4.21. The van der Waals surface area contributed by atoms with Gasteiger partial charge in [-0.1, -0.05) is 26.0 Å². The van der Waals surface area contributed by atoms with Gasteiger partial charge in [-0.15, -0.1) is 0 Å². The third-order valence-corrected chi connectivity index (χ3v) is 3.69. The minimum atomic E-state index is 0.354. The van der Waals surface area contributed by atoms with E-state index in [9.17, 15) is 0 Å². The van der Waals surface area contributed by atoms with Gasteiger partial charge in [0.25, 0.3) is 0 Å². The molecule has 1 aliphatic carbocycles. The van der Waals surface area contributed by atoms with Crippen molar-refractivity contribution >= 4 is 0 Å². The fourth-order valence-corrected chi connectivity index (χ4v) is 2.51. The van der Waals surface area contributed by atoms with Crippen molar-refractivity contribution in [2.75, 3.05) is 0 Å². The topological polar surface area (TPSA) is 9.23 Å². The summed E-state index contributed by atoms with van der Waals surface area (Å²) < 4.78 is 5.93. The Kier molecular flexibility index (Phi) is 3.50. The Bertz CT molecular complexity index is 265. The molecule has 0 saturated carbocycles. The molecule has 0 N–H and O–H groups in total. The summed E-state index contributed by atoms with van der Waals surface area (Å²) in [5.74, 6) is 1.55. The van der Waals surface area contributed by atoms with Gasteiger partial charge in [-0.05, 0) is 44.1 Å². The molecule has 0 aromatic rings. The van der Waals surface area contributed by atoms with Crippen LogP contribution in [0.15, 0.2) is 24.0 Å². The molecule has 0 unspecified atom stereocenters. The second-order valence-corrected chi connectivity index (χ2v) is 4.93. The van der Waals surface area contributed by atoms with E-state index in [0.29, 0.717) is 12.0 Å². The van der Waals surface area contributed by atoms with Crippen LogP contribution in [0.2, 0.25) is 0 Å². The molecule has 0 spiro atoms. The summed E-state index contributed by atoms with van der Waals surface area (Å²) in [6.07, 6.45) is 11.8. The lowest BCUT2D eigenvalue weighted by atomic mass is 9.92. The van der Waals surface area contributed by atoms with Crippen LogP contribution in [0.5, 0.6) is 0 Å². The van der Waals surface area contributed by atoms with E-state index in [2.05, 4.69) is 19.6 Å². The summed E-state index contributed by atoms with van der Waals surface area (Å²) in [6, 6.07) is 0. The van der Waals surface area contributed by atoms with Crippen LogP contribution in [0.25, 0.3) is 0 Å². The summed E-state index contributed by atoms with van der Waals surface area (Å²) in [6.45, 7) is 6.22. The lowest BCUT2D eigenvalue weighted by Gasteiger charge is -2.31. The maximum Gasteiger partial charge on any atom is 0.119 e. The Morgan fingerprint density at radius 1 is 1.27 bits per heavy atom. The zero-order valence-corrected chi connectivity index (χ0v) is 9.80. The van der Waals surface area contributed by atoms with E-state index in [1.165, 1.54) is 44.9 Å². The highest BCUT2D eigenvalue weighted by atomic mass is 16.5. The quantitative estimate of drug-likeness (QED) is 0.584. The van der Waals surface area contributed by atoms with Gasteiger partial charge in [0.1, 0.15) is 6.10 Å². The van der Waals surface area contributed by atoms with Crippen LogP contribution in [0.1, 0.15) is 51.9 Å². The Morgan fingerprint density at radius 2 is 2.13 bits per heavy atom. The molecule has 15 heavy (non-hydrogen) atoms. The molecular weight excluding hydrogens is 184 g/mol. The molecule has 0 aromatic carbocycles. The summed E-state index contributed by atoms with van der Waals surface area (Å²) in [5, 5.41) is 0. The molecule has 1 heteroatoms. The summed E-state index contributed by atoms with van der Waals surface area (Å²) in [4.78, 5) is 0. The van der Waals surface area contributed by atoms with Crippen molar-refractivity contribution in [3.63, 3.8) is 0 Å². The molecule has 0 bridgehead atoms. The van der Waals surface area contributed by atoms with Crippen LogP contribution in [0, 0.1) is 5.92 Å². The second kappa shape index (κ2) is 4.87. The molecule has 0 amide bonds. The van der Waals surface area contributed by atoms with E-state index in [0.717, 1.165) is 5.76 Å². The van der Waals surface area contributed by atoms with E-state index in [-0.39, 0.29) is 0 Å². The van der Waals surface area contributed by atoms with Crippen LogP contribution >= 0.6 is 0 Å². The van der Waals surface area contributed by atoms with Gasteiger partial charge in [-0.2, -0.15) is 0 Å². The van der Waals surface area contributed by atoms with E-state index in [4.69, 9.17) is 4.74 Å². The Balaban J connectivity index is 1.98. The molecule has 0 radical (unpaired) electrons. The Labute approximate surface area is 93.2 Å². The predicted molar refractivity (Wildman–Crippen MR) is 63.6 cm³/mol. The minimum Gasteiger partial charge on any atom is -0.491 e. The fourth-order valence-electron chi connectivity index (χ4n) is 2.51. The zero-order valence-electron chi connectivity index (χ0n) is 9.80. The first kappa shape index (κ1) is 10.8. The van der Waals surface area contributed by atoms with Gasteiger partial charge in [0.15, 0.2) is 0 Å². The first-order valence-corrected chi connectivity index (χ1v) is 6.32. The van der Waals surface area contributed by atoms with Crippen molar-refractivity contribution in [1.82, 2.24) is 0 Å². The maximum atomic E-state index is 5.93. The van der Waals surface area contributed by atoms with Gasteiger partial charge in [0.05, 0.1) is 5.76 Å². The van der Waals surface area contributed by atoms with E-state index < -0.39 is 0 Å². The third-order valence-electron chi connectivity index (χ3n) is 3.69. The van der Waals surface area contributed by atoms with Crippen molar-refractivity contribution < 1.29 is 4.74 Å². The second-order valence-electron chi connectivity index (χ2n) is 4.93. The lowest BCUT2D eigenvalue weighted by Crippen LogP contribution is -2.24. The number of rotatable bonds is 1. The molecule has 2 aliphatic rings. The molecule has 1 saturated heterocycles. The first-order valence-electron chi connectivity index (χ1n) is 6.32. The molecule has 84 valence electrons. The average molecular weight is 206 g/mol. The first-order chi connectivity index (χ1) is 7.27. The smallest absolute Gasteiger partial charge is 0.119 e. The number of allylic oxidation sites excluding steroid dienone is 2. The summed E-state index contributed by atoms with van der Waals surface area (Å²) >= 11 is 0. The Morgan fingerprint density at radius 3 is 2.93 bits per heavy atom. The lowest BCUT2D eigenvalue weighted by molar-refractivity contribution is 0.0733. The van der Waals surface area contributed by atoms with Gasteiger partial charge in [-0.3, -0.25) is 0 Å². The zero-order chi connectivity index (χ0) is 10.7. The van der Waals surface area contributed by atoms with Crippen molar-refractivity contribution in [3.8, 4) is 0 Å². The molecule has 1 fully saturated rings. The maximum absolute atomic E-state index is 5.93. The van der Waals surface area contributed by atoms with Gasteiger partial charge < -0.3 is 4.74 Å². The standard InChI is InChI=1S/C14H22O/c1-11-9-10-14(15-12(11)2)13-7-5-3-4-6-8-13/h7,11,14H,2-6,8-10H2,1H3/t11-,14-/m1/s1. The number of hydrogen-bond donors (Lipinski definition) is 0. The van der Waals surface area contributed by atoms with Crippen LogP contribution in [0.3, 0.4) is 0 Å². The number of hydrogen-bond acceptors (Lipinski definition) is 1. The van der Waals surface area contributed by atoms with Gasteiger partial charge >= 0.3 is 0 Å². The Hall–Kier alpha value is -0.720. The molecule has 2 rings (SSSR count). The average Bonchev–Trinajstić information content (AvgIpc) is 2.50. The van der Waals surface area contributed by atoms with Crippen LogP contribution < -0.4 is 0 Å². The molecular formula is C14H22O. The van der Waals surface area contributed by atoms with E-state index in [1.54, 1.807) is 5.57 Å². The van der Waals surface area contributed by atoms with Crippen molar-refractivity contribution in [2.24, 2.45) is 5.92 Å². The van der Waals surface area contributed by atoms with Crippen molar-refractivity contribution in [3.05, 3.63) is 24.0 Å². The molecule has 1 heterocycles. The van der Waals surface area contributed by atoms with Gasteiger partial charge in [0.2, 0.25) is 0 Å². The molecule has 1 nitrogen and oxygen atoms in total. The third kappa shape index (κ3) is 2.64. The van der Waals surface area contributed by atoms with E-state index >= 15 is 0 Å². The number of ether oxygens (including phenoxy) is 1. The SMILES string of the molecule is C=C1O[C@@H](C2=CCCCCC2)CC[C@H]1C. The normalized spacial score (nSPS) is 32.9. The van der Waals surface area contributed by atoms with Crippen LogP contribution in [-0.2, 0) is 4.74 Å².